The number of thioether (sulfide) groups is 1. The first-order valence-electron chi connectivity index (χ1n) is 12.8. The molecule has 2 saturated heterocycles. The Hall–Kier alpha value is -2.39. The Morgan fingerprint density at radius 3 is 2.49 bits per heavy atom. The number of nitrogens with zero attached hydrogens (tertiary/aromatic N) is 2. The molecule has 3 fully saturated rings. The molecule has 4 rings (SSSR count). The monoisotopic (exact) mass is 500 g/mol. The predicted octanol–water partition coefficient (Wildman–Crippen LogP) is 3.24. The molecule has 2 heterocycles. The number of benzene rings is 1. The van der Waals surface area contributed by atoms with Crippen molar-refractivity contribution in [3.05, 3.63) is 35.9 Å². The number of rotatable bonds is 8. The third-order valence-electron chi connectivity index (χ3n) is 7.33. The molecule has 2 amide bonds. The largest absolute Gasteiger partial charge is 0.381 e. The van der Waals surface area contributed by atoms with Gasteiger partial charge in [-0.05, 0) is 44.1 Å². The van der Waals surface area contributed by atoms with E-state index in [9.17, 15) is 14.4 Å². The van der Waals surface area contributed by atoms with Gasteiger partial charge in [0, 0.05) is 31.4 Å². The van der Waals surface area contributed by atoms with E-state index in [0.29, 0.717) is 31.2 Å². The Bertz CT molecular complexity index is 913. The van der Waals surface area contributed by atoms with Gasteiger partial charge in [0.05, 0.1) is 6.04 Å². The fraction of sp³-hybridized carbons (Fsp3) is 0.615. The molecule has 1 aromatic carbocycles. The average Bonchev–Trinajstić information content (AvgIpc) is 3.39. The van der Waals surface area contributed by atoms with Crippen molar-refractivity contribution in [2.75, 3.05) is 25.5 Å². The molecular weight excluding hydrogens is 464 g/mol. The van der Waals surface area contributed by atoms with Crippen molar-refractivity contribution in [3.8, 4) is 0 Å². The molecule has 0 aromatic heterocycles. The SMILES string of the molecule is C[C@@H](c1ccccc1)N1CCS/C1=N\NC(=O)C(=O)C(NC(=O)C1CCCCC1)C1CCOCC1. The average molecular weight is 501 g/mol. The standard InChI is InChI=1S/C26H36N4O4S/c1-18(19-8-4-2-5-9-19)30-14-17-35-26(30)29-28-25(33)23(31)22(20-12-15-34-16-13-20)27-24(32)21-10-6-3-7-11-21/h2,4-5,8-9,18,20-22H,3,6-7,10-17H2,1H3,(H,27,32)(H,28,33)/b29-26-/t18-,22?/m0/s1. The van der Waals surface area contributed by atoms with E-state index in [1.165, 1.54) is 0 Å². The van der Waals surface area contributed by atoms with E-state index < -0.39 is 17.7 Å². The lowest BCUT2D eigenvalue weighted by Crippen LogP contribution is -2.53. The summed E-state index contributed by atoms with van der Waals surface area (Å²) < 4.78 is 5.44. The van der Waals surface area contributed by atoms with Crippen LogP contribution in [0.3, 0.4) is 0 Å². The fourth-order valence-electron chi connectivity index (χ4n) is 5.16. The summed E-state index contributed by atoms with van der Waals surface area (Å²) in [4.78, 5) is 41.2. The van der Waals surface area contributed by atoms with E-state index in [-0.39, 0.29) is 23.8 Å². The molecule has 0 bridgehead atoms. The zero-order chi connectivity index (χ0) is 24.6. The number of ketones is 1. The van der Waals surface area contributed by atoms with E-state index in [4.69, 9.17) is 4.74 Å². The molecule has 2 atom stereocenters. The second-order valence-corrected chi connectivity index (χ2v) is 10.7. The quantitative estimate of drug-likeness (QED) is 0.420. The molecule has 0 spiro atoms. The van der Waals surface area contributed by atoms with Crippen molar-refractivity contribution in [1.29, 1.82) is 0 Å². The highest BCUT2D eigenvalue weighted by molar-refractivity contribution is 8.14. The normalized spacial score (nSPS) is 22.5. The van der Waals surface area contributed by atoms with Crippen molar-refractivity contribution in [2.45, 2.75) is 64.0 Å². The van der Waals surface area contributed by atoms with Crippen LogP contribution >= 0.6 is 11.8 Å². The summed E-state index contributed by atoms with van der Waals surface area (Å²) in [6.07, 6.45) is 6.17. The number of nitrogens with one attached hydrogen (secondary N) is 2. The van der Waals surface area contributed by atoms with E-state index >= 15 is 0 Å². The maximum absolute atomic E-state index is 13.2. The smallest absolute Gasteiger partial charge is 0.309 e. The Kier molecular flexibility index (Phi) is 9.20. The van der Waals surface area contributed by atoms with Gasteiger partial charge in [0.2, 0.25) is 11.7 Å². The molecule has 1 saturated carbocycles. The summed E-state index contributed by atoms with van der Waals surface area (Å²) in [6, 6.07) is 9.39. The Labute approximate surface area is 211 Å². The van der Waals surface area contributed by atoms with E-state index in [0.717, 1.165) is 50.0 Å². The van der Waals surface area contributed by atoms with Crippen molar-refractivity contribution in [2.24, 2.45) is 16.9 Å². The van der Waals surface area contributed by atoms with Gasteiger partial charge in [-0.15, -0.1) is 5.10 Å². The Morgan fingerprint density at radius 2 is 1.77 bits per heavy atom. The lowest BCUT2D eigenvalue weighted by Gasteiger charge is -2.31. The maximum atomic E-state index is 13.2. The highest BCUT2D eigenvalue weighted by Crippen LogP contribution is 2.29. The molecule has 35 heavy (non-hydrogen) atoms. The van der Waals surface area contributed by atoms with Gasteiger partial charge < -0.3 is 15.0 Å². The summed E-state index contributed by atoms with van der Waals surface area (Å²) in [6.45, 7) is 3.97. The van der Waals surface area contributed by atoms with Crippen LogP contribution in [0.25, 0.3) is 0 Å². The summed E-state index contributed by atoms with van der Waals surface area (Å²) in [5, 5.41) is 7.95. The Morgan fingerprint density at radius 1 is 1.06 bits per heavy atom. The number of hydrazone groups is 1. The van der Waals surface area contributed by atoms with Crippen LogP contribution in [0.2, 0.25) is 0 Å². The van der Waals surface area contributed by atoms with Crippen molar-refractivity contribution >= 4 is 34.5 Å². The second-order valence-electron chi connectivity index (χ2n) is 9.60. The molecule has 1 aliphatic carbocycles. The van der Waals surface area contributed by atoms with Crippen molar-refractivity contribution in [3.63, 3.8) is 0 Å². The maximum Gasteiger partial charge on any atom is 0.309 e. The number of carbonyl (C=O) groups excluding carboxylic acids is 3. The Balaban J connectivity index is 1.42. The van der Waals surface area contributed by atoms with Gasteiger partial charge in [-0.1, -0.05) is 61.4 Å². The van der Waals surface area contributed by atoms with Gasteiger partial charge in [0.25, 0.3) is 0 Å². The molecular formula is C26H36N4O4S. The number of amidine groups is 1. The van der Waals surface area contributed by atoms with Crippen LogP contribution in [0.4, 0.5) is 0 Å². The third kappa shape index (κ3) is 6.64. The number of Topliss-reactive ketones (excluding diaryl/α,β-unsaturated/α-hetero) is 1. The summed E-state index contributed by atoms with van der Waals surface area (Å²) in [5.41, 5.74) is 3.65. The number of hydrogen-bond donors (Lipinski definition) is 2. The van der Waals surface area contributed by atoms with Crippen LogP contribution in [0.5, 0.6) is 0 Å². The van der Waals surface area contributed by atoms with Crippen LogP contribution in [0.15, 0.2) is 35.4 Å². The first-order chi connectivity index (χ1) is 17.0. The fourth-order valence-corrected chi connectivity index (χ4v) is 6.15. The zero-order valence-corrected chi connectivity index (χ0v) is 21.2. The topological polar surface area (TPSA) is 100 Å². The molecule has 0 radical (unpaired) electrons. The predicted molar refractivity (Wildman–Crippen MR) is 137 cm³/mol. The molecule has 1 aromatic rings. The molecule has 1 unspecified atom stereocenters. The van der Waals surface area contributed by atoms with Gasteiger partial charge >= 0.3 is 5.91 Å². The van der Waals surface area contributed by atoms with E-state index in [2.05, 4.69) is 39.8 Å². The van der Waals surface area contributed by atoms with Crippen LogP contribution < -0.4 is 10.7 Å². The highest BCUT2D eigenvalue weighted by atomic mass is 32.2. The molecule has 2 aliphatic heterocycles. The number of hydrogen-bond acceptors (Lipinski definition) is 6. The summed E-state index contributed by atoms with van der Waals surface area (Å²) >= 11 is 1.56. The minimum absolute atomic E-state index is 0.0786. The minimum Gasteiger partial charge on any atom is -0.381 e. The van der Waals surface area contributed by atoms with Crippen LogP contribution in [0, 0.1) is 11.8 Å². The summed E-state index contributed by atoms with van der Waals surface area (Å²) in [5.74, 6) is -0.846. The van der Waals surface area contributed by atoms with E-state index in [1.807, 2.05) is 18.2 Å². The first-order valence-corrected chi connectivity index (χ1v) is 13.8. The number of carbonyl (C=O) groups is 3. The minimum atomic E-state index is -0.843. The van der Waals surface area contributed by atoms with Crippen molar-refractivity contribution in [1.82, 2.24) is 15.6 Å². The first kappa shape index (κ1) is 25.7. The molecule has 8 nitrogen and oxygen atoms in total. The van der Waals surface area contributed by atoms with Crippen LogP contribution in [-0.2, 0) is 19.1 Å². The van der Waals surface area contributed by atoms with Crippen LogP contribution in [-0.4, -0.2) is 59.2 Å². The number of ether oxygens (including phenoxy) is 1. The van der Waals surface area contributed by atoms with Gasteiger partial charge in [0.1, 0.15) is 6.04 Å². The molecule has 3 aliphatic rings. The van der Waals surface area contributed by atoms with Gasteiger partial charge in [-0.3, -0.25) is 14.4 Å². The summed E-state index contributed by atoms with van der Waals surface area (Å²) in [7, 11) is 0. The van der Waals surface area contributed by atoms with Gasteiger partial charge in [-0.2, -0.15) is 0 Å². The molecule has 190 valence electrons. The van der Waals surface area contributed by atoms with Crippen molar-refractivity contribution < 1.29 is 19.1 Å². The van der Waals surface area contributed by atoms with Crippen LogP contribution in [0.1, 0.15) is 63.5 Å². The molecule has 2 N–H and O–H groups in total. The molecule has 9 heteroatoms. The second kappa shape index (κ2) is 12.5. The highest BCUT2D eigenvalue weighted by Gasteiger charge is 2.36. The lowest BCUT2D eigenvalue weighted by atomic mass is 9.85. The van der Waals surface area contributed by atoms with Gasteiger partial charge in [-0.25, -0.2) is 5.43 Å². The third-order valence-corrected chi connectivity index (χ3v) is 8.30. The van der Waals surface area contributed by atoms with E-state index in [1.54, 1.807) is 11.8 Å². The number of amides is 2. The lowest BCUT2D eigenvalue weighted by molar-refractivity contribution is -0.142. The zero-order valence-electron chi connectivity index (χ0n) is 20.4. The van der Waals surface area contributed by atoms with Gasteiger partial charge in [0.15, 0.2) is 5.17 Å².